The summed E-state index contributed by atoms with van der Waals surface area (Å²) in [5, 5.41) is 8.85. The maximum absolute atomic E-state index is 9.72. The Morgan fingerprint density at radius 3 is 2.37 bits per heavy atom. The molecule has 0 aliphatic heterocycles. The fraction of sp³-hybridized carbons (Fsp3) is 0.188. The molecule has 0 saturated heterocycles. The van der Waals surface area contributed by atoms with E-state index in [1.807, 2.05) is 12.1 Å². The molecule has 0 heterocycles. The number of phenols is 1. The highest BCUT2D eigenvalue weighted by molar-refractivity contribution is 5.38. The Kier molecular flexibility index (Phi) is 9.53. The molecule has 3 nitrogen and oxygen atoms in total. The zero-order valence-electron chi connectivity index (χ0n) is 11.2. The van der Waals surface area contributed by atoms with Gasteiger partial charge in [0, 0.05) is 0 Å². The van der Waals surface area contributed by atoms with E-state index in [-0.39, 0.29) is 6.61 Å². The van der Waals surface area contributed by atoms with Gasteiger partial charge in [0.1, 0.15) is 12.4 Å². The number of aryl methyl sites for hydroxylation is 1. The van der Waals surface area contributed by atoms with Crippen LogP contribution >= 0.6 is 0 Å². The Morgan fingerprint density at radius 2 is 1.95 bits per heavy atom. The highest BCUT2D eigenvalue weighted by Gasteiger charge is 1.87. The number of allylic oxidation sites excluding steroid dienone is 2. The van der Waals surface area contributed by atoms with E-state index in [2.05, 4.69) is 24.8 Å². The minimum absolute atomic E-state index is 0.263. The molecule has 102 valence electrons. The highest BCUT2D eigenvalue weighted by Crippen LogP contribution is 2.09. The van der Waals surface area contributed by atoms with Gasteiger partial charge in [-0.1, -0.05) is 50.4 Å². The molecule has 0 fully saturated rings. The van der Waals surface area contributed by atoms with Crippen LogP contribution in [0.2, 0.25) is 0 Å². The molecule has 0 saturated carbocycles. The van der Waals surface area contributed by atoms with Gasteiger partial charge in [0.2, 0.25) is 0 Å². The average Bonchev–Trinajstić information content (AvgIpc) is 2.45. The van der Waals surface area contributed by atoms with Crippen molar-refractivity contribution in [2.45, 2.75) is 13.3 Å². The van der Waals surface area contributed by atoms with Crippen molar-refractivity contribution >= 4 is 6.47 Å². The first-order valence-electron chi connectivity index (χ1n) is 5.95. The van der Waals surface area contributed by atoms with Crippen molar-refractivity contribution in [3.05, 3.63) is 66.8 Å². The highest BCUT2D eigenvalue weighted by atomic mass is 16.5. The smallest absolute Gasteiger partial charge is 0.293 e. The zero-order chi connectivity index (χ0) is 14.5. The Morgan fingerprint density at radius 1 is 1.32 bits per heavy atom. The second-order valence-electron chi connectivity index (χ2n) is 3.61. The Bertz CT molecular complexity index is 416. The lowest BCUT2D eigenvalue weighted by Crippen LogP contribution is -1.92. The number of rotatable bonds is 6. The second kappa shape index (κ2) is 10.8. The van der Waals surface area contributed by atoms with Gasteiger partial charge in [0.15, 0.2) is 0 Å². The van der Waals surface area contributed by atoms with Crippen LogP contribution in [0.4, 0.5) is 0 Å². The van der Waals surface area contributed by atoms with Gasteiger partial charge in [0.25, 0.3) is 6.47 Å². The summed E-state index contributed by atoms with van der Waals surface area (Å²) in [6, 6.07) is 7.27. The van der Waals surface area contributed by atoms with E-state index in [0.717, 1.165) is 12.0 Å². The van der Waals surface area contributed by atoms with Crippen molar-refractivity contribution in [1.29, 1.82) is 0 Å². The number of phenolic OH excluding ortho intramolecular Hbond substituents is 1. The largest absolute Gasteiger partial charge is 0.508 e. The van der Waals surface area contributed by atoms with Crippen LogP contribution in [0.1, 0.15) is 12.5 Å². The van der Waals surface area contributed by atoms with Crippen LogP contribution < -0.4 is 0 Å². The van der Waals surface area contributed by atoms with Crippen molar-refractivity contribution < 1.29 is 14.6 Å². The van der Waals surface area contributed by atoms with Crippen LogP contribution in [-0.2, 0) is 16.0 Å². The standard InChI is InChI=1S/C8H10O2.C8H10O/c1-3-5-8(4-2)6-10-7-9;1-2-7-3-5-8(9)6-4-7/h3-5,7H,1-2,6H2;3-6,9H,2H2,1H3/b8-5+;. The minimum atomic E-state index is 0.263. The monoisotopic (exact) mass is 260 g/mol. The molecule has 0 unspecified atom stereocenters. The molecular formula is C16H20O3. The van der Waals surface area contributed by atoms with E-state index in [9.17, 15) is 4.79 Å². The number of hydrogen-bond acceptors (Lipinski definition) is 3. The Hall–Kier alpha value is -2.29. The molecule has 3 heteroatoms. The first-order valence-corrected chi connectivity index (χ1v) is 5.95. The Balaban J connectivity index is 0.000000342. The fourth-order valence-corrected chi connectivity index (χ4v) is 1.19. The average molecular weight is 260 g/mol. The number of carbonyl (C=O) groups excluding carboxylic acids is 1. The summed E-state index contributed by atoms with van der Waals surface area (Å²) in [5.74, 6) is 0.340. The normalized spacial score (nSPS) is 9.84. The van der Waals surface area contributed by atoms with E-state index in [0.29, 0.717) is 12.2 Å². The molecular weight excluding hydrogens is 240 g/mol. The van der Waals surface area contributed by atoms with E-state index in [4.69, 9.17) is 5.11 Å². The van der Waals surface area contributed by atoms with Crippen LogP contribution in [0.3, 0.4) is 0 Å². The zero-order valence-corrected chi connectivity index (χ0v) is 11.2. The number of ether oxygens (including phenoxy) is 1. The van der Waals surface area contributed by atoms with E-state index >= 15 is 0 Å². The quantitative estimate of drug-likeness (QED) is 0.629. The van der Waals surface area contributed by atoms with Gasteiger partial charge in [-0.2, -0.15) is 0 Å². The molecule has 1 aromatic carbocycles. The predicted molar refractivity (Wildman–Crippen MR) is 78.0 cm³/mol. The molecule has 0 bridgehead atoms. The summed E-state index contributed by atoms with van der Waals surface area (Å²) < 4.78 is 4.47. The third-order valence-corrected chi connectivity index (χ3v) is 2.26. The van der Waals surface area contributed by atoms with Crippen LogP contribution in [-0.4, -0.2) is 18.2 Å². The molecule has 0 atom stereocenters. The molecule has 1 rings (SSSR count). The first kappa shape index (κ1) is 16.7. The van der Waals surface area contributed by atoms with Gasteiger partial charge in [-0.25, -0.2) is 0 Å². The summed E-state index contributed by atoms with van der Waals surface area (Å²) >= 11 is 0. The van der Waals surface area contributed by atoms with Gasteiger partial charge in [-0.15, -0.1) is 0 Å². The number of carbonyl (C=O) groups is 1. The van der Waals surface area contributed by atoms with Crippen molar-refractivity contribution in [3.63, 3.8) is 0 Å². The van der Waals surface area contributed by atoms with Gasteiger partial charge in [-0.3, -0.25) is 4.79 Å². The molecule has 0 amide bonds. The fourth-order valence-electron chi connectivity index (χ4n) is 1.19. The topological polar surface area (TPSA) is 46.5 Å². The summed E-state index contributed by atoms with van der Waals surface area (Å²) in [7, 11) is 0. The molecule has 1 aromatic rings. The van der Waals surface area contributed by atoms with Crippen molar-refractivity contribution in [2.75, 3.05) is 6.61 Å². The van der Waals surface area contributed by atoms with Crippen LogP contribution in [0.15, 0.2) is 61.2 Å². The number of benzene rings is 1. The van der Waals surface area contributed by atoms with Gasteiger partial charge in [0.05, 0.1) is 0 Å². The lowest BCUT2D eigenvalue weighted by atomic mass is 10.2. The van der Waals surface area contributed by atoms with Crippen LogP contribution in [0.5, 0.6) is 5.75 Å². The lowest BCUT2D eigenvalue weighted by molar-refractivity contribution is -0.127. The number of hydrogen-bond donors (Lipinski definition) is 1. The predicted octanol–water partition coefficient (Wildman–Crippen LogP) is 3.41. The third-order valence-electron chi connectivity index (χ3n) is 2.26. The van der Waals surface area contributed by atoms with Crippen LogP contribution in [0, 0.1) is 0 Å². The molecule has 0 aliphatic rings. The van der Waals surface area contributed by atoms with Crippen molar-refractivity contribution in [3.8, 4) is 5.75 Å². The SMILES string of the molecule is C=C/C=C(\C=C)COC=O.CCc1ccc(O)cc1. The van der Waals surface area contributed by atoms with Crippen molar-refractivity contribution in [2.24, 2.45) is 0 Å². The summed E-state index contributed by atoms with van der Waals surface area (Å²) in [4.78, 5) is 9.72. The van der Waals surface area contributed by atoms with E-state index in [1.165, 1.54) is 5.56 Å². The Labute approximate surface area is 114 Å². The molecule has 0 spiro atoms. The van der Waals surface area contributed by atoms with E-state index in [1.54, 1.807) is 30.4 Å². The summed E-state index contributed by atoms with van der Waals surface area (Å²) in [5.41, 5.74) is 2.09. The maximum atomic E-state index is 9.72. The van der Waals surface area contributed by atoms with Crippen LogP contribution in [0.25, 0.3) is 0 Å². The van der Waals surface area contributed by atoms with E-state index < -0.39 is 0 Å². The third kappa shape index (κ3) is 8.44. The molecule has 0 aromatic heterocycles. The van der Waals surface area contributed by atoms with Gasteiger partial charge < -0.3 is 9.84 Å². The van der Waals surface area contributed by atoms with Gasteiger partial charge >= 0.3 is 0 Å². The maximum Gasteiger partial charge on any atom is 0.293 e. The molecule has 19 heavy (non-hydrogen) atoms. The lowest BCUT2D eigenvalue weighted by Gasteiger charge is -1.96. The summed E-state index contributed by atoms with van der Waals surface area (Å²) in [6.45, 7) is 9.76. The number of aromatic hydroxyl groups is 1. The molecule has 0 aliphatic carbocycles. The van der Waals surface area contributed by atoms with Crippen molar-refractivity contribution in [1.82, 2.24) is 0 Å². The molecule has 1 N–H and O–H groups in total. The molecule has 0 radical (unpaired) electrons. The second-order valence-corrected chi connectivity index (χ2v) is 3.61. The summed E-state index contributed by atoms with van der Waals surface area (Å²) in [6.07, 6.45) is 5.99. The van der Waals surface area contributed by atoms with Gasteiger partial charge in [-0.05, 0) is 29.7 Å². The minimum Gasteiger partial charge on any atom is -0.508 e. The first-order chi connectivity index (χ1) is 9.17.